The van der Waals surface area contributed by atoms with Crippen molar-refractivity contribution in [1.82, 2.24) is 10.6 Å². The summed E-state index contributed by atoms with van der Waals surface area (Å²) in [6, 6.07) is 7.47. The summed E-state index contributed by atoms with van der Waals surface area (Å²) in [5.41, 5.74) is 0.100. The maximum Gasteiger partial charge on any atom is 0.326 e. The Morgan fingerprint density at radius 2 is 1.72 bits per heavy atom. The zero-order chi connectivity index (χ0) is 26.8. The van der Waals surface area contributed by atoms with Gasteiger partial charge in [0.1, 0.15) is 17.9 Å². The van der Waals surface area contributed by atoms with Crippen LogP contribution in [0, 0.1) is 15.9 Å². The molecule has 2 aromatic rings. The molecule has 12 heteroatoms. The zero-order valence-electron chi connectivity index (χ0n) is 19.6. The number of carbonyl (C=O) groups is 4. The van der Waals surface area contributed by atoms with Crippen LogP contribution in [0.15, 0.2) is 48.5 Å². The first kappa shape index (κ1) is 27.9. The molecule has 11 nitrogen and oxygen atoms in total. The van der Waals surface area contributed by atoms with Crippen LogP contribution in [0.4, 0.5) is 10.1 Å². The van der Waals surface area contributed by atoms with E-state index < -0.39 is 58.9 Å². The number of carboxylic acid groups (broad SMARTS) is 1. The molecule has 0 saturated heterocycles. The van der Waals surface area contributed by atoms with E-state index in [0.717, 1.165) is 19.1 Å². The molecule has 2 rings (SSSR count). The summed E-state index contributed by atoms with van der Waals surface area (Å²) in [6.45, 7) is 2.75. The van der Waals surface area contributed by atoms with E-state index in [2.05, 4.69) is 10.6 Å². The van der Waals surface area contributed by atoms with Gasteiger partial charge in [0.15, 0.2) is 0 Å². The standard InChI is InChI=1S/C24H26FN3O8/c1-3-36-21(30)13-18(15-8-10-17(11-9-15)28(34)35)22(24(32)33)27-23(31)20(26-14(2)29)12-16-6-4-5-7-19(16)25/h4-11,18,20,22H,3,12-13H2,1-2H3,(H,26,29)(H,27,31)(H,32,33)/t18-,20+,22-/m0/s1. The van der Waals surface area contributed by atoms with Crippen LogP contribution in [0.3, 0.4) is 0 Å². The van der Waals surface area contributed by atoms with Crippen molar-refractivity contribution >= 4 is 29.4 Å². The number of aliphatic carboxylic acids is 1. The second-order valence-electron chi connectivity index (χ2n) is 7.84. The predicted octanol–water partition coefficient (Wildman–Crippen LogP) is 2.09. The Kier molecular flexibility index (Phi) is 10.0. The SMILES string of the molecule is CCOC(=O)C[C@@H](c1ccc([N+](=O)[O-])cc1)[C@H](NC(=O)[C@@H](Cc1ccccc1F)NC(C)=O)C(=O)O. The van der Waals surface area contributed by atoms with Crippen molar-refractivity contribution in [2.45, 2.75) is 44.7 Å². The van der Waals surface area contributed by atoms with Gasteiger partial charge in [-0.1, -0.05) is 30.3 Å². The van der Waals surface area contributed by atoms with Crippen LogP contribution in [0.5, 0.6) is 0 Å². The number of halogens is 1. The fourth-order valence-electron chi connectivity index (χ4n) is 3.60. The third-order valence-electron chi connectivity index (χ3n) is 5.27. The molecule has 0 aliphatic heterocycles. The van der Waals surface area contributed by atoms with E-state index in [1.54, 1.807) is 13.0 Å². The molecule has 0 saturated carbocycles. The van der Waals surface area contributed by atoms with Crippen molar-refractivity contribution in [2.24, 2.45) is 0 Å². The maximum atomic E-state index is 14.2. The summed E-state index contributed by atoms with van der Waals surface area (Å²) in [7, 11) is 0. The molecular weight excluding hydrogens is 477 g/mol. The van der Waals surface area contributed by atoms with Crippen molar-refractivity contribution in [2.75, 3.05) is 6.61 Å². The van der Waals surface area contributed by atoms with E-state index in [1.807, 2.05) is 0 Å². The first-order valence-corrected chi connectivity index (χ1v) is 11.0. The lowest BCUT2D eigenvalue weighted by Gasteiger charge is -2.27. The van der Waals surface area contributed by atoms with Crippen molar-refractivity contribution in [3.63, 3.8) is 0 Å². The van der Waals surface area contributed by atoms with E-state index in [0.29, 0.717) is 0 Å². The number of amides is 2. The highest BCUT2D eigenvalue weighted by atomic mass is 19.1. The topological polar surface area (TPSA) is 165 Å². The Hall–Kier alpha value is -4.35. The number of carboxylic acids is 1. The third kappa shape index (κ3) is 7.86. The quantitative estimate of drug-likeness (QED) is 0.225. The lowest BCUT2D eigenvalue weighted by Crippen LogP contribution is -2.54. The van der Waals surface area contributed by atoms with Gasteiger partial charge >= 0.3 is 11.9 Å². The lowest BCUT2D eigenvalue weighted by atomic mass is 9.88. The van der Waals surface area contributed by atoms with Gasteiger partial charge in [-0.3, -0.25) is 24.5 Å². The number of carbonyl (C=O) groups excluding carboxylic acids is 3. The van der Waals surface area contributed by atoms with Crippen molar-refractivity contribution < 1.29 is 38.3 Å². The van der Waals surface area contributed by atoms with Gasteiger partial charge in [0, 0.05) is 31.4 Å². The molecule has 192 valence electrons. The summed E-state index contributed by atoms with van der Waals surface area (Å²) in [6.07, 6.45) is -0.717. The molecule has 0 fully saturated rings. The Balaban J connectivity index is 2.39. The van der Waals surface area contributed by atoms with E-state index in [-0.39, 0.29) is 29.8 Å². The highest BCUT2D eigenvalue weighted by Crippen LogP contribution is 2.27. The van der Waals surface area contributed by atoms with Gasteiger partial charge < -0.3 is 20.5 Å². The second kappa shape index (κ2) is 12.9. The highest BCUT2D eigenvalue weighted by Gasteiger charge is 2.35. The number of esters is 1. The Morgan fingerprint density at radius 1 is 1.08 bits per heavy atom. The minimum absolute atomic E-state index is 0.0309. The largest absolute Gasteiger partial charge is 0.480 e. The minimum Gasteiger partial charge on any atom is -0.480 e. The molecule has 3 N–H and O–H groups in total. The molecule has 36 heavy (non-hydrogen) atoms. The van der Waals surface area contributed by atoms with Crippen LogP contribution < -0.4 is 10.6 Å². The van der Waals surface area contributed by atoms with Crippen LogP contribution in [0.25, 0.3) is 0 Å². The number of ether oxygens (including phenoxy) is 1. The minimum atomic E-state index is -1.68. The van der Waals surface area contributed by atoms with E-state index in [9.17, 15) is 38.8 Å². The average Bonchev–Trinajstić information content (AvgIpc) is 2.82. The molecule has 3 atom stereocenters. The summed E-state index contributed by atoms with van der Waals surface area (Å²) in [5.74, 6) is -5.54. The van der Waals surface area contributed by atoms with Crippen molar-refractivity contribution in [3.8, 4) is 0 Å². The number of hydrogen-bond acceptors (Lipinski definition) is 7. The van der Waals surface area contributed by atoms with Crippen molar-refractivity contribution in [1.29, 1.82) is 0 Å². The van der Waals surface area contributed by atoms with E-state index in [4.69, 9.17) is 4.74 Å². The van der Waals surface area contributed by atoms with Crippen LogP contribution in [0.1, 0.15) is 37.3 Å². The van der Waals surface area contributed by atoms with Crippen LogP contribution in [0.2, 0.25) is 0 Å². The molecule has 0 unspecified atom stereocenters. The smallest absolute Gasteiger partial charge is 0.326 e. The fourth-order valence-corrected chi connectivity index (χ4v) is 3.60. The maximum absolute atomic E-state index is 14.2. The normalized spacial score (nSPS) is 13.1. The average molecular weight is 503 g/mol. The Labute approximate surface area is 205 Å². The monoisotopic (exact) mass is 503 g/mol. The van der Waals surface area contributed by atoms with Crippen molar-refractivity contribution in [3.05, 3.63) is 75.6 Å². The van der Waals surface area contributed by atoms with Gasteiger partial charge in [0.05, 0.1) is 18.0 Å². The summed E-state index contributed by atoms with van der Waals surface area (Å²) >= 11 is 0. The van der Waals surface area contributed by atoms with Crippen LogP contribution >= 0.6 is 0 Å². The van der Waals surface area contributed by atoms with E-state index in [1.165, 1.54) is 30.3 Å². The zero-order valence-corrected chi connectivity index (χ0v) is 19.6. The molecule has 0 aromatic heterocycles. The number of nitrogens with zero attached hydrogens (tertiary/aromatic N) is 1. The molecule has 0 aliphatic carbocycles. The Morgan fingerprint density at radius 3 is 2.25 bits per heavy atom. The fraction of sp³-hybridized carbons (Fsp3) is 0.333. The summed E-state index contributed by atoms with van der Waals surface area (Å²) in [5, 5.41) is 25.6. The van der Waals surface area contributed by atoms with Crippen LogP contribution in [-0.4, -0.2) is 52.5 Å². The number of rotatable bonds is 12. The Bertz CT molecular complexity index is 1120. The van der Waals surface area contributed by atoms with Gasteiger partial charge in [-0.2, -0.15) is 0 Å². The first-order valence-electron chi connectivity index (χ1n) is 11.0. The summed E-state index contributed by atoms with van der Waals surface area (Å²) in [4.78, 5) is 59.6. The van der Waals surface area contributed by atoms with Gasteiger partial charge in [0.2, 0.25) is 11.8 Å². The number of nitrogens with one attached hydrogen (secondary N) is 2. The number of nitro benzene ring substituents is 1. The number of benzene rings is 2. The third-order valence-corrected chi connectivity index (χ3v) is 5.27. The predicted molar refractivity (Wildman–Crippen MR) is 124 cm³/mol. The number of hydrogen-bond donors (Lipinski definition) is 3. The van der Waals surface area contributed by atoms with Gasteiger partial charge in [0.25, 0.3) is 5.69 Å². The molecule has 0 spiro atoms. The second-order valence-corrected chi connectivity index (χ2v) is 7.84. The molecular formula is C24H26FN3O8. The van der Waals surface area contributed by atoms with Gasteiger partial charge in [-0.15, -0.1) is 0 Å². The first-order chi connectivity index (χ1) is 17.0. The summed E-state index contributed by atoms with van der Waals surface area (Å²) < 4.78 is 19.1. The number of nitro groups is 1. The van der Waals surface area contributed by atoms with Gasteiger partial charge in [-0.25, -0.2) is 9.18 Å². The molecule has 0 radical (unpaired) electrons. The molecule has 2 amide bonds. The molecule has 0 heterocycles. The highest BCUT2D eigenvalue weighted by molar-refractivity contribution is 5.91. The van der Waals surface area contributed by atoms with Gasteiger partial charge in [-0.05, 0) is 24.1 Å². The molecule has 2 aromatic carbocycles. The number of non-ortho nitro benzene ring substituents is 1. The molecule has 0 bridgehead atoms. The van der Waals surface area contributed by atoms with E-state index >= 15 is 0 Å². The lowest BCUT2D eigenvalue weighted by molar-refractivity contribution is -0.384. The molecule has 0 aliphatic rings. The van der Waals surface area contributed by atoms with Crippen LogP contribution in [-0.2, 0) is 30.3 Å².